The number of halogens is 2. The highest BCUT2D eigenvalue weighted by molar-refractivity contribution is 14.1. The second-order valence-electron chi connectivity index (χ2n) is 1.53. The Morgan fingerprint density at radius 3 is 2.78 bits per heavy atom. The Morgan fingerprint density at radius 2 is 2.33 bits per heavy atom. The summed E-state index contributed by atoms with van der Waals surface area (Å²) in [5.74, 6) is 0.139. The van der Waals surface area contributed by atoms with Gasteiger partial charge in [0.1, 0.15) is 0 Å². The zero-order chi connectivity index (χ0) is 7.11. The number of nitrogens with one attached hydrogen (secondary N) is 1. The molecule has 0 atom stereocenters. The zero-order valence-corrected chi connectivity index (χ0v) is 9.31. The summed E-state index contributed by atoms with van der Waals surface area (Å²) in [4.78, 5) is 10.6. The molecule has 2 nitrogen and oxygen atoms in total. The van der Waals surface area contributed by atoms with Gasteiger partial charge in [-0.1, -0.05) is 22.6 Å². The van der Waals surface area contributed by atoms with Crippen LogP contribution in [0.4, 0.5) is 0 Å². The topological polar surface area (TPSA) is 29.1 Å². The molecular formula is C2H6B3I2NO. The van der Waals surface area contributed by atoms with Crippen molar-refractivity contribution in [3.63, 3.8) is 0 Å². The first-order chi connectivity index (χ1) is 4.31. The molecule has 48 valence electrons. The highest BCUT2D eigenvalue weighted by Crippen LogP contribution is 1.77. The summed E-state index contributed by atoms with van der Waals surface area (Å²) in [5, 5.41) is 3.89. The van der Waals surface area contributed by atoms with E-state index in [4.69, 9.17) is 0 Å². The SMILES string of the molecule is O=C(CI)NBBBI. The number of alkyl halides is 1. The van der Waals surface area contributed by atoms with Gasteiger partial charge in [0.25, 0.3) is 0 Å². The van der Waals surface area contributed by atoms with Crippen molar-refractivity contribution in [1.82, 2.24) is 5.23 Å². The standard InChI is InChI=1S/C2H6B3I2NO/c6-1-2(9)8-5-3-4-7/h3-5H,1H2,(H,8,9). The molecule has 1 N–H and O–H groups in total. The molecule has 0 saturated heterocycles. The first-order valence-electron chi connectivity index (χ1n) is 2.70. The fraction of sp³-hybridized carbons (Fsp3) is 0.500. The van der Waals surface area contributed by atoms with E-state index in [2.05, 4.69) is 50.2 Å². The summed E-state index contributed by atoms with van der Waals surface area (Å²) < 4.78 is 0.568. The van der Waals surface area contributed by atoms with E-state index in [-0.39, 0.29) is 5.91 Å². The van der Waals surface area contributed by atoms with Crippen molar-refractivity contribution in [3.05, 3.63) is 0 Å². The van der Waals surface area contributed by atoms with E-state index in [0.29, 0.717) is 4.43 Å². The quantitative estimate of drug-likeness (QED) is 0.299. The lowest BCUT2D eigenvalue weighted by Crippen LogP contribution is -2.33. The van der Waals surface area contributed by atoms with Crippen molar-refractivity contribution in [3.8, 4) is 0 Å². The Bertz CT molecular complexity index is 91.9. The van der Waals surface area contributed by atoms with Crippen molar-refractivity contribution < 1.29 is 4.79 Å². The van der Waals surface area contributed by atoms with Gasteiger partial charge in [0.15, 0.2) is 12.3 Å². The number of hydrogen-bond acceptors (Lipinski definition) is 1. The maximum absolute atomic E-state index is 10.6. The van der Waals surface area contributed by atoms with Gasteiger partial charge in [-0.05, 0) is 0 Å². The molecule has 0 aromatic rings. The third-order valence-electron chi connectivity index (χ3n) is 0.754. The molecule has 0 fully saturated rings. The van der Waals surface area contributed by atoms with Gasteiger partial charge in [-0.25, -0.2) is 0 Å². The summed E-state index contributed by atoms with van der Waals surface area (Å²) in [6.45, 7) is 0. The van der Waals surface area contributed by atoms with Crippen molar-refractivity contribution >= 4 is 70.3 Å². The highest BCUT2D eigenvalue weighted by atomic mass is 127. The molecule has 0 aliphatic heterocycles. The average Bonchev–Trinajstić information content (AvgIpc) is 1.89. The van der Waals surface area contributed by atoms with Crippen LogP contribution in [-0.4, -0.2) is 29.7 Å². The molecule has 0 aromatic carbocycles. The molecule has 0 unspecified atom stereocenters. The van der Waals surface area contributed by atoms with Crippen LogP contribution >= 0.6 is 45.0 Å². The minimum atomic E-state index is 0.139. The smallest absolute Gasteiger partial charge is 0.217 e. The lowest BCUT2D eigenvalue weighted by atomic mass is 9.33. The maximum Gasteiger partial charge on any atom is 0.217 e. The van der Waals surface area contributed by atoms with Crippen LogP contribution in [0.15, 0.2) is 0 Å². The Morgan fingerprint density at radius 1 is 1.67 bits per heavy atom. The fourth-order valence-electron chi connectivity index (χ4n) is 0.342. The minimum absolute atomic E-state index is 0.139. The van der Waals surface area contributed by atoms with Crippen LogP contribution in [0.2, 0.25) is 0 Å². The molecule has 0 heterocycles. The molecule has 0 spiro atoms. The molecule has 0 radical (unpaired) electrons. The van der Waals surface area contributed by atoms with Gasteiger partial charge in [-0.2, -0.15) is 22.4 Å². The van der Waals surface area contributed by atoms with Gasteiger partial charge in [0.2, 0.25) is 5.91 Å². The first-order valence-corrected chi connectivity index (χ1v) is 5.75. The highest BCUT2D eigenvalue weighted by Gasteiger charge is 1.97. The normalized spacial score (nSPS) is 7.78. The van der Waals surface area contributed by atoms with Crippen molar-refractivity contribution in [2.24, 2.45) is 0 Å². The Hall–Kier alpha value is 1.12. The van der Waals surface area contributed by atoms with Crippen LogP contribution < -0.4 is 5.23 Å². The van der Waals surface area contributed by atoms with E-state index < -0.39 is 0 Å². The summed E-state index contributed by atoms with van der Waals surface area (Å²) in [5.41, 5.74) is 0. The summed E-state index contributed by atoms with van der Waals surface area (Å²) in [6, 6.07) is 0. The van der Waals surface area contributed by atoms with Gasteiger partial charge < -0.3 is 5.23 Å². The van der Waals surface area contributed by atoms with Gasteiger partial charge in [0, 0.05) is 0 Å². The van der Waals surface area contributed by atoms with Crippen LogP contribution in [0.3, 0.4) is 0 Å². The average molecular weight is 346 g/mol. The van der Waals surface area contributed by atoms with E-state index >= 15 is 0 Å². The Balaban J connectivity index is 2.97. The summed E-state index contributed by atoms with van der Waals surface area (Å²) in [6.07, 6.45) is 0. The largest absolute Gasteiger partial charge is 0.410 e. The second-order valence-corrected chi connectivity index (χ2v) is 3.37. The molecule has 0 aromatic heterocycles. The zero-order valence-electron chi connectivity index (χ0n) is 4.99. The second kappa shape index (κ2) is 7.23. The maximum atomic E-state index is 10.6. The number of carbonyl (C=O) groups excluding carboxylic acids is 1. The first kappa shape index (κ1) is 10.1. The number of hydrogen-bond donors (Lipinski definition) is 1. The van der Waals surface area contributed by atoms with Gasteiger partial charge >= 0.3 is 0 Å². The van der Waals surface area contributed by atoms with Crippen molar-refractivity contribution in [2.75, 3.05) is 4.43 Å². The summed E-state index contributed by atoms with van der Waals surface area (Å²) in [7, 11) is 1.90. The van der Waals surface area contributed by atoms with Crippen LogP contribution in [0.5, 0.6) is 0 Å². The summed E-state index contributed by atoms with van der Waals surface area (Å²) >= 11 is 4.34. The van der Waals surface area contributed by atoms with Gasteiger partial charge in [-0.3, -0.25) is 4.79 Å². The van der Waals surface area contributed by atoms with Gasteiger partial charge in [-0.15, -0.1) is 0 Å². The molecule has 0 aliphatic carbocycles. The molecule has 0 bridgehead atoms. The third-order valence-corrected chi connectivity index (χ3v) is 2.21. The van der Waals surface area contributed by atoms with Crippen LogP contribution in [0.25, 0.3) is 0 Å². The van der Waals surface area contributed by atoms with Crippen molar-refractivity contribution in [1.29, 1.82) is 0 Å². The molecule has 7 heteroatoms. The van der Waals surface area contributed by atoms with Crippen LogP contribution in [0, 0.1) is 0 Å². The number of amides is 1. The Labute approximate surface area is 84.0 Å². The minimum Gasteiger partial charge on any atom is -0.410 e. The van der Waals surface area contributed by atoms with E-state index in [1.165, 1.54) is 0 Å². The molecule has 0 aliphatic rings. The number of carbonyl (C=O) groups is 1. The van der Waals surface area contributed by atoms with Crippen LogP contribution in [-0.2, 0) is 4.79 Å². The Kier molecular flexibility index (Phi) is 8.14. The van der Waals surface area contributed by atoms with Crippen LogP contribution in [0.1, 0.15) is 0 Å². The molecule has 1 amide bonds. The predicted molar refractivity (Wildman–Crippen MR) is 62.5 cm³/mol. The molecule has 0 saturated carbocycles. The monoisotopic (exact) mass is 347 g/mol. The van der Waals surface area contributed by atoms with Crippen molar-refractivity contribution in [2.45, 2.75) is 0 Å². The van der Waals surface area contributed by atoms with Gasteiger partial charge in [0.05, 0.1) is 11.5 Å². The molecule has 0 rings (SSSR count). The van der Waals surface area contributed by atoms with E-state index in [1.54, 1.807) is 0 Å². The van der Waals surface area contributed by atoms with E-state index in [0.717, 1.165) is 19.4 Å². The lowest BCUT2D eigenvalue weighted by molar-refractivity contribution is -0.116. The molecule has 9 heavy (non-hydrogen) atoms. The lowest BCUT2D eigenvalue weighted by Gasteiger charge is -1.95. The number of rotatable bonds is 4. The predicted octanol–water partition coefficient (Wildman–Crippen LogP) is -1.06. The molecular weight excluding hydrogens is 340 g/mol. The third kappa shape index (κ3) is 7.02. The van der Waals surface area contributed by atoms with E-state index in [9.17, 15) is 4.79 Å². The fourth-order valence-corrected chi connectivity index (χ4v) is 0.993. The van der Waals surface area contributed by atoms with E-state index in [1.807, 2.05) is 0 Å².